The SMILES string of the molecule is CC(C)(C)c1c[c-]c2c(c1)-c1cc(C(C)(C)C)ccc1C2.CC(C)(C)c1cc[c-]cc1.CC(C)(C)c1cc[c-]cc1.CCC1[C-]=CC(C(C)(C)C)=C1.Cl.Cl.[CH2]=[Zr]. The van der Waals surface area contributed by atoms with Crippen LogP contribution in [0.5, 0.6) is 0 Å². The van der Waals surface area contributed by atoms with Gasteiger partial charge in [-0.2, -0.15) is 113 Å². The van der Waals surface area contributed by atoms with E-state index in [0.29, 0.717) is 11.3 Å². The predicted octanol–water partition coefficient (Wildman–Crippen LogP) is 15.4. The summed E-state index contributed by atoms with van der Waals surface area (Å²) in [4.78, 5) is 0. The van der Waals surface area contributed by atoms with Gasteiger partial charge in [-0.25, -0.2) is 6.08 Å². The number of benzene rings is 4. The van der Waals surface area contributed by atoms with Crippen LogP contribution in [0.25, 0.3) is 11.1 Å². The summed E-state index contributed by atoms with van der Waals surface area (Å²) in [7, 11) is 0. The summed E-state index contributed by atoms with van der Waals surface area (Å²) in [6, 6.07) is 37.4. The average molecular weight is 871 g/mol. The second-order valence-corrected chi connectivity index (χ2v) is 19.6. The Hall–Kier alpha value is -2.31. The Bertz CT molecular complexity index is 1690. The molecule has 2 aliphatic rings. The van der Waals surface area contributed by atoms with Gasteiger partial charge in [0.1, 0.15) is 0 Å². The minimum absolute atomic E-state index is 0. The van der Waals surface area contributed by atoms with Gasteiger partial charge in [0.15, 0.2) is 0 Å². The van der Waals surface area contributed by atoms with Crippen LogP contribution in [0.3, 0.4) is 0 Å². The van der Waals surface area contributed by atoms with Crippen LogP contribution in [0, 0.1) is 35.6 Å². The van der Waals surface area contributed by atoms with E-state index in [4.69, 9.17) is 0 Å². The van der Waals surface area contributed by atoms with E-state index in [2.05, 4.69) is 206 Å². The number of fused-ring (bicyclic) bond motifs is 3. The molecule has 0 saturated heterocycles. The van der Waals surface area contributed by atoms with E-state index in [1.54, 1.807) is 0 Å². The molecule has 0 heterocycles. The van der Waals surface area contributed by atoms with Crippen LogP contribution in [-0.4, -0.2) is 4.21 Å². The van der Waals surface area contributed by atoms with Crippen molar-refractivity contribution < 1.29 is 24.2 Å². The molecule has 6 rings (SSSR count). The second-order valence-electron chi connectivity index (χ2n) is 19.6. The first kappa shape index (κ1) is 53.7. The molecule has 0 nitrogen and oxygen atoms in total. The topological polar surface area (TPSA) is 0 Å². The van der Waals surface area contributed by atoms with Gasteiger partial charge in [-0.1, -0.05) is 163 Å². The first-order chi connectivity index (χ1) is 24.9. The molecular formula is C53H72Cl2Zr-4. The van der Waals surface area contributed by atoms with Gasteiger partial charge < -0.3 is 0 Å². The van der Waals surface area contributed by atoms with Crippen molar-refractivity contribution in [3.05, 3.63) is 154 Å². The molecule has 3 heteroatoms. The monoisotopic (exact) mass is 868 g/mol. The summed E-state index contributed by atoms with van der Waals surface area (Å²) < 4.78 is 3.34. The van der Waals surface area contributed by atoms with Crippen LogP contribution in [0.15, 0.2) is 96.6 Å². The summed E-state index contributed by atoms with van der Waals surface area (Å²) in [5.41, 5.74) is 13.8. The van der Waals surface area contributed by atoms with Crippen molar-refractivity contribution in [3.63, 3.8) is 0 Å². The van der Waals surface area contributed by atoms with Gasteiger partial charge in [-0.3, -0.25) is 6.08 Å². The third-order valence-electron chi connectivity index (χ3n) is 9.83. The normalized spacial score (nSPS) is 14.1. The summed E-state index contributed by atoms with van der Waals surface area (Å²) >= 11 is 1.30. The fourth-order valence-electron chi connectivity index (χ4n) is 5.97. The maximum absolute atomic E-state index is 3.53. The molecule has 306 valence electrons. The molecular weight excluding hydrogens is 799 g/mol. The molecule has 0 fully saturated rings. The van der Waals surface area contributed by atoms with Crippen LogP contribution < -0.4 is 0 Å². The van der Waals surface area contributed by atoms with Crippen molar-refractivity contribution >= 4 is 29.0 Å². The van der Waals surface area contributed by atoms with E-state index >= 15 is 0 Å². The summed E-state index contributed by atoms with van der Waals surface area (Å²) in [5, 5.41) is 0. The number of rotatable bonds is 1. The first-order valence-corrected chi connectivity index (χ1v) is 21.4. The van der Waals surface area contributed by atoms with Crippen LogP contribution in [0.2, 0.25) is 0 Å². The van der Waals surface area contributed by atoms with E-state index < -0.39 is 0 Å². The van der Waals surface area contributed by atoms with Gasteiger partial charge in [-0.05, 0) is 28.2 Å². The van der Waals surface area contributed by atoms with Crippen molar-refractivity contribution in [1.29, 1.82) is 0 Å². The van der Waals surface area contributed by atoms with Gasteiger partial charge in [0.05, 0.1) is 0 Å². The van der Waals surface area contributed by atoms with Crippen LogP contribution in [-0.2, 0) is 52.3 Å². The Kier molecular flexibility index (Phi) is 21.8. The molecule has 0 saturated carbocycles. The molecule has 0 radical (unpaired) electrons. The Balaban J connectivity index is 0.000000745. The number of allylic oxidation sites excluding steroid dienone is 4. The van der Waals surface area contributed by atoms with Crippen molar-refractivity contribution in [2.24, 2.45) is 11.3 Å². The van der Waals surface area contributed by atoms with Crippen LogP contribution >= 0.6 is 24.8 Å². The molecule has 1 atom stereocenters. The Morgan fingerprint density at radius 3 is 1.34 bits per heavy atom. The molecule has 0 aromatic heterocycles. The zero-order valence-corrected chi connectivity index (χ0v) is 41.8. The van der Waals surface area contributed by atoms with E-state index in [1.165, 1.54) is 80.7 Å². The number of hydrogen-bond donors (Lipinski definition) is 0. The maximum atomic E-state index is 3.53. The number of halogens is 2. The molecule has 4 aromatic carbocycles. The third-order valence-corrected chi connectivity index (χ3v) is 9.83. The molecule has 0 bridgehead atoms. The quantitative estimate of drug-likeness (QED) is 0.147. The minimum atomic E-state index is 0. The molecule has 0 amide bonds. The van der Waals surface area contributed by atoms with Crippen molar-refractivity contribution in [2.75, 3.05) is 0 Å². The van der Waals surface area contributed by atoms with Gasteiger partial charge in [0.2, 0.25) is 0 Å². The van der Waals surface area contributed by atoms with Crippen molar-refractivity contribution in [1.82, 2.24) is 0 Å². The summed E-state index contributed by atoms with van der Waals surface area (Å²) in [5.74, 6) is 0.573. The van der Waals surface area contributed by atoms with Gasteiger partial charge >= 0.3 is 28.4 Å². The molecule has 0 N–H and O–H groups in total. The molecule has 0 aliphatic heterocycles. The third kappa shape index (κ3) is 16.9. The van der Waals surface area contributed by atoms with E-state index in [1.807, 2.05) is 24.3 Å². The van der Waals surface area contributed by atoms with Crippen LogP contribution in [0.1, 0.15) is 151 Å². The van der Waals surface area contributed by atoms with Gasteiger partial charge in [-0.15, -0.1) is 30.4 Å². The number of hydrogen-bond acceptors (Lipinski definition) is 0. The van der Waals surface area contributed by atoms with E-state index in [-0.39, 0.29) is 46.5 Å². The Labute approximate surface area is 372 Å². The molecule has 0 spiro atoms. The second kappa shape index (κ2) is 22.7. The summed E-state index contributed by atoms with van der Waals surface area (Å²) in [6.45, 7) is 35.8. The zero-order valence-electron chi connectivity index (χ0n) is 37.7. The fourth-order valence-corrected chi connectivity index (χ4v) is 5.97. The Morgan fingerprint density at radius 1 is 0.571 bits per heavy atom. The molecule has 2 aliphatic carbocycles. The fraction of sp³-hybridized carbons (Fsp3) is 0.453. The van der Waals surface area contributed by atoms with Crippen molar-refractivity contribution in [3.8, 4) is 11.1 Å². The van der Waals surface area contributed by atoms with Gasteiger partial charge in [0, 0.05) is 0 Å². The first-order valence-electron chi connectivity index (χ1n) is 19.7. The summed E-state index contributed by atoms with van der Waals surface area (Å²) in [6.07, 6.45) is 10.0. The molecule has 4 aromatic rings. The predicted molar refractivity (Wildman–Crippen MR) is 250 cm³/mol. The standard InChI is InChI=1S/C21H25.C11H17.2C10H13.CH2.2ClH.Zr/c1-20(2,3)16-9-7-14-11-15-8-10-17(21(4,5)6)13-19(15)18(14)12-16;1-5-9-6-7-10(8-9)11(2,3)4;2*1-10(2,3)9-7-5-4-6-8-9;;;;/h7,9-10,12-13H,11H2,1-6H3;7-9H,5H2,1-4H3;2*5-8H,1-3H3;1H2;2*1H;/q4*-1;;;;. The van der Waals surface area contributed by atoms with E-state index in [0.717, 1.165) is 6.42 Å². The molecule has 56 heavy (non-hydrogen) atoms. The molecule has 1 unspecified atom stereocenters. The van der Waals surface area contributed by atoms with Gasteiger partial charge in [0.25, 0.3) is 0 Å². The van der Waals surface area contributed by atoms with Crippen LogP contribution in [0.4, 0.5) is 0 Å². The Morgan fingerprint density at radius 2 is 1.00 bits per heavy atom. The average Bonchev–Trinajstić information content (AvgIpc) is 3.74. The zero-order chi connectivity index (χ0) is 41.1. The van der Waals surface area contributed by atoms with E-state index in [9.17, 15) is 0 Å². The van der Waals surface area contributed by atoms with Crippen molar-refractivity contribution in [2.45, 2.75) is 145 Å².